The van der Waals surface area contributed by atoms with Crippen LogP contribution < -0.4 is 0 Å². The molecule has 2 heterocycles. The van der Waals surface area contributed by atoms with Crippen molar-refractivity contribution in [2.45, 2.75) is 570 Å². The molecule has 9 N–H and O–H groups in total. The maximum absolute atomic E-state index is 13.9. The van der Waals surface area contributed by atoms with Crippen molar-refractivity contribution in [1.29, 1.82) is 0 Å². The van der Waals surface area contributed by atoms with E-state index < -0.39 is 92.6 Å². The summed E-state index contributed by atoms with van der Waals surface area (Å²) in [5, 5.41) is 95.4. The number of rotatable bonds is 83. The second-order valence-corrected chi connectivity index (χ2v) is 36.2. The number of unbranched alkanes of at least 4 members (excludes halogenated alkanes) is 63. The van der Waals surface area contributed by atoms with Gasteiger partial charge in [-0.3, -0.25) is 4.79 Å². The van der Waals surface area contributed by atoms with Gasteiger partial charge in [0.1, 0.15) is 55.4 Å². The van der Waals surface area contributed by atoms with Gasteiger partial charge in [-0.1, -0.05) is 464 Å². The fraction of sp³-hybridized carbons (Fsp3) is 0.990. The van der Waals surface area contributed by atoms with E-state index in [0.717, 1.165) is 63.2 Å². The third kappa shape index (κ3) is 54.1. The van der Waals surface area contributed by atoms with Crippen molar-refractivity contribution in [2.24, 2.45) is 23.7 Å². The first-order valence-electron chi connectivity index (χ1n) is 49.0. The monoisotopic (exact) mass is 1560 g/mol. The van der Waals surface area contributed by atoms with E-state index in [1.54, 1.807) is 0 Å². The molecule has 1 saturated carbocycles. The molecular formula is C96H186O14. The van der Waals surface area contributed by atoms with Crippen LogP contribution in [0.2, 0.25) is 0 Å². The SMILES string of the molecule is CCCCCCCCCCCCCCCCCCCCCCCC[C@@H](C(=O)OC[C@H]1O[C@H](O[C@H]2O[C@H](CO)[C@@H](O)[C@H](O)[C@H]2O)[C@H](O)[C@@H](O)[C@@H]1O)[C@H](O)CCCCCCCCCCCCCCCC1CC1CCCCCCCCCCCCCCCCCCC(O)C(C)CCCCCCCCCCCCCCCCCC. The number of carbonyl (C=O) groups is 1. The van der Waals surface area contributed by atoms with Crippen LogP contribution >= 0.6 is 0 Å². The number of carbonyl (C=O) groups excluding carboxylic acids is 1. The second-order valence-electron chi connectivity index (χ2n) is 36.2. The van der Waals surface area contributed by atoms with Gasteiger partial charge in [-0.2, -0.15) is 0 Å². The number of hydrogen-bond donors (Lipinski definition) is 9. The van der Waals surface area contributed by atoms with Crippen molar-refractivity contribution < 1.29 is 69.7 Å². The number of aliphatic hydroxyl groups is 9. The largest absolute Gasteiger partial charge is 0.463 e. The van der Waals surface area contributed by atoms with Crippen LogP contribution in [0.4, 0.5) is 0 Å². The highest BCUT2D eigenvalue weighted by atomic mass is 16.8. The Morgan fingerprint density at radius 2 is 0.555 bits per heavy atom. The third-order valence-electron chi connectivity index (χ3n) is 25.9. The van der Waals surface area contributed by atoms with Crippen molar-refractivity contribution in [3.8, 4) is 0 Å². The minimum atomic E-state index is -1.83. The van der Waals surface area contributed by atoms with Gasteiger partial charge in [0.25, 0.3) is 0 Å². The van der Waals surface area contributed by atoms with Crippen LogP contribution in [0.1, 0.15) is 496 Å². The molecule has 4 unspecified atom stereocenters. The Labute approximate surface area is 678 Å². The molecule has 0 aromatic rings. The van der Waals surface area contributed by atoms with Crippen LogP contribution in [-0.4, -0.2) is 139 Å². The summed E-state index contributed by atoms with van der Waals surface area (Å²) < 4.78 is 22.5. The average Bonchev–Trinajstić information content (AvgIpc) is 1.62. The zero-order valence-electron chi connectivity index (χ0n) is 72.5. The van der Waals surface area contributed by atoms with E-state index in [-0.39, 0.29) is 6.10 Å². The van der Waals surface area contributed by atoms with Gasteiger partial charge >= 0.3 is 5.97 Å². The summed E-state index contributed by atoms with van der Waals surface area (Å²) in [5.41, 5.74) is 0. The highest BCUT2D eigenvalue weighted by Crippen LogP contribution is 2.46. The van der Waals surface area contributed by atoms with Crippen LogP contribution in [0, 0.1) is 23.7 Å². The minimum Gasteiger partial charge on any atom is -0.463 e. The molecule has 14 heteroatoms. The molecule has 0 aromatic heterocycles. The Bertz CT molecular complexity index is 1950. The highest BCUT2D eigenvalue weighted by Gasteiger charge is 2.50. The molecule has 0 radical (unpaired) electrons. The Hall–Kier alpha value is -1.01. The summed E-state index contributed by atoms with van der Waals surface area (Å²) >= 11 is 0. The topological polar surface area (TPSA) is 236 Å². The standard InChI is InChI=1S/C96H186O14/c1-4-6-8-10-12-14-16-18-20-22-23-24-25-26-27-32-38-44-50-56-62-68-74-83(94(106)107-79-87-89(101)91(103)93(105)96(109-87)110-95-92(104)90(102)88(100)86(78-97)108-95)85(99)76-70-64-58-52-46-40-34-37-43-49-55-61-67-73-82-77-81(82)72-66-60-54-48-42-36-31-28-29-33-39-45-51-57-63-69-75-84(98)80(3)71-65-59-53-47-41-35-30-21-19-17-15-13-11-9-7-5-2/h80-93,95-105H,4-79H2,1-3H3/t80?,81?,82?,83-,84?,85-,86-,87-,88-,89-,90+,91+,92-,93-,95-,96-/m1/s1. The van der Waals surface area contributed by atoms with Gasteiger partial charge < -0.3 is 64.9 Å². The van der Waals surface area contributed by atoms with E-state index in [2.05, 4.69) is 20.8 Å². The number of hydrogen-bond acceptors (Lipinski definition) is 14. The lowest BCUT2D eigenvalue weighted by Crippen LogP contribution is -2.63. The normalized spacial score (nSPS) is 23.3. The number of esters is 1. The Morgan fingerprint density at radius 3 is 0.855 bits per heavy atom. The first-order chi connectivity index (χ1) is 53.8. The van der Waals surface area contributed by atoms with E-state index >= 15 is 0 Å². The predicted molar refractivity (Wildman–Crippen MR) is 457 cm³/mol. The minimum absolute atomic E-state index is 0.0970. The zero-order valence-corrected chi connectivity index (χ0v) is 72.5. The summed E-state index contributed by atoms with van der Waals surface area (Å²) in [4.78, 5) is 13.9. The Kier molecular flexibility index (Phi) is 68.6. The lowest BCUT2D eigenvalue weighted by molar-refractivity contribution is -0.376. The smallest absolute Gasteiger partial charge is 0.311 e. The Morgan fingerprint density at radius 1 is 0.309 bits per heavy atom. The molecule has 2 aliphatic heterocycles. The molecule has 16 atom stereocenters. The van der Waals surface area contributed by atoms with Gasteiger partial charge in [-0.15, -0.1) is 0 Å². The van der Waals surface area contributed by atoms with Gasteiger partial charge in [0, 0.05) is 0 Å². The lowest BCUT2D eigenvalue weighted by atomic mass is 9.91. The molecule has 110 heavy (non-hydrogen) atoms. The van der Waals surface area contributed by atoms with Gasteiger partial charge in [0.05, 0.1) is 24.7 Å². The van der Waals surface area contributed by atoms with E-state index in [0.29, 0.717) is 18.8 Å². The average molecular weight is 1560 g/mol. The van der Waals surface area contributed by atoms with Gasteiger partial charge in [-0.25, -0.2) is 0 Å². The molecule has 0 bridgehead atoms. The van der Waals surface area contributed by atoms with E-state index in [4.69, 9.17) is 18.9 Å². The number of ether oxygens (including phenoxy) is 4. The van der Waals surface area contributed by atoms with Crippen molar-refractivity contribution in [1.82, 2.24) is 0 Å². The summed E-state index contributed by atoms with van der Waals surface area (Å²) in [6.07, 6.45) is 79.5. The molecule has 3 rings (SSSR count). The maximum Gasteiger partial charge on any atom is 0.311 e. The summed E-state index contributed by atoms with van der Waals surface area (Å²) in [6.45, 7) is 5.64. The molecule has 3 aliphatic rings. The maximum atomic E-state index is 13.9. The van der Waals surface area contributed by atoms with E-state index in [9.17, 15) is 50.8 Å². The molecular weight excluding hydrogens is 1380 g/mol. The molecule has 0 amide bonds. The molecule has 14 nitrogen and oxygen atoms in total. The first-order valence-corrected chi connectivity index (χ1v) is 49.0. The fourth-order valence-corrected chi connectivity index (χ4v) is 17.8. The first kappa shape index (κ1) is 103. The van der Waals surface area contributed by atoms with Crippen LogP contribution in [-0.2, 0) is 23.7 Å². The predicted octanol–water partition coefficient (Wildman–Crippen LogP) is 24.3. The summed E-state index contributed by atoms with van der Waals surface area (Å²) in [5.74, 6) is 1.11. The second kappa shape index (κ2) is 73.2. The summed E-state index contributed by atoms with van der Waals surface area (Å²) in [7, 11) is 0. The van der Waals surface area contributed by atoms with Gasteiger partial charge in [0.2, 0.25) is 0 Å². The lowest BCUT2D eigenvalue weighted by Gasteiger charge is -2.44. The number of aliphatic hydroxyl groups excluding tert-OH is 9. The molecule has 2 saturated heterocycles. The van der Waals surface area contributed by atoms with Gasteiger partial charge in [-0.05, 0) is 49.9 Å². The molecule has 0 aromatic carbocycles. The van der Waals surface area contributed by atoms with Crippen molar-refractivity contribution in [2.75, 3.05) is 13.2 Å². The van der Waals surface area contributed by atoms with Crippen LogP contribution in [0.25, 0.3) is 0 Å². The highest BCUT2D eigenvalue weighted by molar-refractivity contribution is 5.73. The fourth-order valence-electron chi connectivity index (χ4n) is 17.8. The van der Waals surface area contributed by atoms with Gasteiger partial charge in [0.15, 0.2) is 12.6 Å². The van der Waals surface area contributed by atoms with Crippen molar-refractivity contribution in [3.63, 3.8) is 0 Å². The Balaban J connectivity index is 1.12. The molecule has 654 valence electrons. The van der Waals surface area contributed by atoms with E-state index in [1.165, 1.54) is 411 Å². The summed E-state index contributed by atoms with van der Waals surface area (Å²) in [6, 6.07) is 0. The van der Waals surface area contributed by atoms with Crippen molar-refractivity contribution >= 4 is 5.97 Å². The zero-order chi connectivity index (χ0) is 79.4. The third-order valence-corrected chi connectivity index (χ3v) is 25.9. The van der Waals surface area contributed by atoms with Crippen LogP contribution in [0.15, 0.2) is 0 Å². The molecule has 3 fully saturated rings. The van der Waals surface area contributed by atoms with Crippen LogP contribution in [0.5, 0.6) is 0 Å². The quantitative estimate of drug-likeness (QED) is 0.0204. The molecule has 1 aliphatic carbocycles. The van der Waals surface area contributed by atoms with Crippen molar-refractivity contribution in [3.05, 3.63) is 0 Å². The molecule has 0 spiro atoms. The van der Waals surface area contributed by atoms with Crippen LogP contribution in [0.3, 0.4) is 0 Å². The van der Waals surface area contributed by atoms with E-state index in [1.807, 2.05) is 0 Å².